The average Bonchev–Trinajstić information content (AvgIpc) is 3.44. The molecule has 4 atom stereocenters. The number of fused-ring (bicyclic) bond motifs is 2. The van der Waals surface area contributed by atoms with Gasteiger partial charge in [0.2, 0.25) is 0 Å². The summed E-state index contributed by atoms with van der Waals surface area (Å²) < 4.78 is 24.7. The molecule has 152 valence electrons. The zero-order valence-corrected chi connectivity index (χ0v) is 15.7. The van der Waals surface area contributed by atoms with Crippen LogP contribution in [0.2, 0.25) is 0 Å². The van der Waals surface area contributed by atoms with E-state index in [0.29, 0.717) is 11.2 Å². The molecule has 1 amide bonds. The second kappa shape index (κ2) is 6.59. The molecular formula is C18H19N5O6. The van der Waals surface area contributed by atoms with E-state index < -0.39 is 36.2 Å². The minimum Gasteiger partial charge on any atom is -0.459 e. The topological polar surface area (TPSA) is 134 Å². The molecule has 3 aromatic heterocycles. The number of nitrogens with zero attached hydrogens (tertiary/aromatic N) is 4. The van der Waals surface area contributed by atoms with Gasteiger partial charge in [0, 0.05) is 0 Å². The molecule has 0 bridgehead atoms. The largest absolute Gasteiger partial charge is 0.459 e. The van der Waals surface area contributed by atoms with Gasteiger partial charge in [0.25, 0.3) is 5.91 Å². The number of hydrogen-bond acceptors (Lipinski definition) is 9. The number of aliphatic hydroxyl groups is 1. The Kier molecular flexibility index (Phi) is 4.13. The number of aliphatic hydroxyl groups excluding tert-OH is 1. The Labute approximate surface area is 164 Å². The highest BCUT2D eigenvalue weighted by molar-refractivity contribution is 6.05. The first-order chi connectivity index (χ1) is 14.0. The molecule has 0 saturated carbocycles. The Morgan fingerprint density at radius 1 is 1.28 bits per heavy atom. The van der Waals surface area contributed by atoms with Gasteiger partial charge < -0.3 is 29.1 Å². The molecule has 5 heterocycles. The molecule has 0 unspecified atom stereocenters. The fraction of sp³-hybridized carbons (Fsp3) is 0.444. The van der Waals surface area contributed by atoms with E-state index in [0.717, 1.165) is 0 Å². The van der Waals surface area contributed by atoms with Crippen LogP contribution in [0, 0.1) is 0 Å². The Hall–Kier alpha value is -2.86. The summed E-state index contributed by atoms with van der Waals surface area (Å²) in [7, 11) is 0. The summed E-state index contributed by atoms with van der Waals surface area (Å²) in [5.41, 5.74) is 0.837. The van der Waals surface area contributed by atoms with Crippen molar-refractivity contribution in [2.24, 2.45) is 0 Å². The Morgan fingerprint density at radius 3 is 2.86 bits per heavy atom. The summed E-state index contributed by atoms with van der Waals surface area (Å²) in [6.07, 6.45) is 2.27. The maximum atomic E-state index is 12.3. The van der Waals surface area contributed by atoms with Gasteiger partial charge >= 0.3 is 0 Å². The van der Waals surface area contributed by atoms with E-state index in [4.69, 9.17) is 18.6 Å². The average molecular weight is 401 g/mol. The lowest BCUT2D eigenvalue weighted by atomic mass is 10.1. The summed E-state index contributed by atoms with van der Waals surface area (Å²) >= 11 is 0. The maximum absolute atomic E-state index is 12.3. The van der Waals surface area contributed by atoms with Gasteiger partial charge in [0.15, 0.2) is 34.8 Å². The molecule has 3 aromatic rings. The molecule has 29 heavy (non-hydrogen) atoms. The van der Waals surface area contributed by atoms with Crippen LogP contribution in [0.15, 0.2) is 35.5 Å². The van der Waals surface area contributed by atoms with Gasteiger partial charge in [0.05, 0.1) is 19.2 Å². The molecule has 2 saturated heterocycles. The summed E-state index contributed by atoms with van der Waals surface area (Å²) in [5.74, 6) is -0.843. The van der Waals surface area contributed by atoms with Crippen molar-refractivity contribution in [1.29, 1.82) is 0 Å². The molecule has 5 rings (SSSR count). The minimum absolute atomic E-state index is 0.155. The van der Waals surface area contributed by atoms with E-state index in [-0.39, 0.29) is 18.2 Å². The molecule has 2 aliphatic rings. The van der Waals surface area contributed by atoms with Gasteiger partial charge in [-0.3, -0.25) is 9.36 Å². The standard InChI is InChI=1S/C18H19N5O6/c1-18(2)28-12-10(6-24)27-17(13(12)29-18)23-8-21-11-14(19-7-20-15(11)23)22-16(25)9-4-3-5-26-9/h3-5,7-8,10,12-13,17,24H,6H2,1-2H3,(H,19,20,22,25)/t10-,12-,13-,17-/m1/s1. The Bertz CT molecular complexity index is 1050. The molecule has 0 radical (unpaired) electrons. The third-order valence-electron chi connectivity index (χ3n) is 4.92. The molecule has 11 nitrogen and oxygen atoms in total. The number of rotatable bonds is 4. The number of amides is 1. The van der Waals surface area contributed by atoms with Gasteiger partial charge in [-0.05, 0) is 26.0 Å². The first kappa shape index (κ1) is 18.2. The molecule has 0 aromatic carbocycles. The first-order valence-electron chi connectivity index (χ1n) is 9.11. The zero-order valence-electron chi connectivity index (χ0n) is 15.7. The number of anilines is 1. The number of ether oxygens (including phenoxy) is 3. The summed E-state index contributed by atoms with van der Waals surface area (Å²) in [6.45, 7) is 3.42. The van der Waals surface area contributed by atoms with Crippen molar-refractivity contribution in [3.63, 3.8) is 0 Å². The number of furan rings is 1. The fourth-order valence-electron chi connectivity index (χ4n) is 3.74. The summed E-state index contributed by atoms with van der Waals surface area (Å²) in [4.78, 5) is 25.1. The molecular weight excluding hydrogens is 382 g/mol. The van der Waals surface area contributed by atoms with Crippen LogP contribution in [-0.2, 0) is 14.2 Å². The van der Waals surface area contributed by atoms with E-state index in [2.05, 4.69) is 20.3 Å². The van der Waals surface area contributed by atoms with Gasteiger partial charge in [-0.1, -0.05) is 0 Å². The Morgan fingerprint density at radius 2 is 2.10 bits per heavy atom. The third-order valence-corrected chi connectivity index (χ3v) is 4.92. The van der Waals surface area contributed by atoms with Crippen LogP contribution < -0.4 is 5.32 Å². The van der Waals surface area contributed by atoms with Gasteiger partial charge in [0.1, 0.15) is 24.6 Å². The Balaban J connectivity index is 1.48. The van der Waals surface area contributed by atoms with E-state index in [1.165, 1.54) is 18.9 Å². The highest BCUT2D eigenvalue weighted by atomic mass is 16.8. The van der Waals surface area contributed by atoms with Crippen molar-refractivity contribution in [3.05, 3.63) is 36.8 Å². The maximum Gasteiger partial charge on any atom is 0.292 e. The highest BCUT2D eigenvalue weighted by Gasteiger charge is 2.56. The number of hydrogen-bond donors (Lipinski definition) is 2. The fourth-order valence-corrected chi connectivity index (χ4v) is 3.74. The molecule has 0 aliphatic carbocycles. The van der Waals surface area contributed by atoms with Crippen LogP contribution in [0.4, 0.5) is 5.82 Å². The molecule has 2 N–H and O–H groups in total. The lowest BCUT2D eigenvalue weighted by Gasteiger charge is -2.24. The third kappa shape index (κ3) is 2.99. The molecule has 11 heteroatoms. The molecule has 2 fully saturated rings. The quantitative estimate of drug-likeness (QED) is 0.658. The van der Waals surface area contributed by atoms with Crippen LogP contribution >= 0.6 is 0 Å². The van der Waals surface area contributed by atoms with Crippen molar-refractivity contribution >= 4 is 22.9 Å². The lowest BCUT2D eigenvalue weighted by Crippen LogP contribution is -2.31. The zero-order chi connectivity index (χ0) is 20.2. The van der Waals surface area contributed by atoms with Crippen molar-refractivity contribution in [2.75, 3.05) is 11.9 Å². The van der Waals surface area contributed by atoms with Crippen LogP contribution in [0.25, 0.3) is 11.2 Å². The van der Waals surface area contributed by atoms with Crippen molar-refractivity contribution < 1.29 is 28.5 Å². The smallest absolute Gasteiger partial charge is 0.292 e. The van der Waals surface area contributed by atoms with E-state index in [1.54, 1.807) is 16.7 Å². The predicted octanol–water partition coefficient (Wildman–Crippen LogP) is 1.08. The van der Waals surface area contributed by atoms with Crippen LogP contribution in [0.1, 0.15) is 30.6 Å². The van der Waals surface area contributed by atoms with E-state index in [1.807, 2.05) is 13.8 Å². The monoisotopic (exact) mass is 401 g/mol. The first-order valence-corrected chi connectivity index (χ1v) is 9.11. The van der Waals surface area contributed by atoms with Crippen molar-refractivity contribution in [1.82, 2.24) is 19.5 Å². The normalized spacial score (nSPS) is 28.0. The molecule has 0 spiro atoms. The summed E-state index contributed by atoms with van der Waals surface area (Å²) in [5, 5.41) is 12.4. The van der Waals surface area contributed by atoms with Crippen molar-refractivity contribution in [3.8, 4) is 0 Å². The number of aromatic nitrogens is 4. The van der Waals surface area contributed by atoms with E-state index in [9.17, 15) is 9.90 Å². The predicted molar refractivity (Wildman–Crippen MR) is 96.8 cm³/mol. The minimum atomic E-state index is -0.793. The van der Waals surface area contributed by atoms with Crippen LogP contribution in [0.3, 0.4) is 0 Å². The number of carbonyl (C=O) groups is 1. The second-order valence-corrected chi connectivity index (χ2v) is 7.29. The number of carbonyl (C=O) groups excluding carboxylic acids is 1. The SMILES string of the molecule is CC1(C)O[C@@H]2[C@H](O1)[C@@H](CO)O[C@H]2n1cnc2c(NC(=O)c3ccco3)ncnc21. The number of imidazole rings is 1. The van der Waals surface area contributed by atoms with Crippen LogP contribution in [0.5, 0.6) is 0 Å². The highest BCUT2D eigenvalue weighted by Crippen LogP contribution is 2.43. The van der Waals surface area contributed by atoms with Crippen molar-refractivity contribution in [2.45, 2.75) is 44.2 Å². The van der Waals surface area contributed by atoms with Gasteiger partial charge in [-0.15, -0.1) is 0 Å². The van der Waals surface area contributed by atoms with E-state index >= 15 is 0 Å². The van der Waals surface area contributed by atoms with Gasteiger partial charge in [-0.2, -0.15) is 0 Å². The molecule has 2 aliphatic heterocycles. The summed E-state index contributed by atoms with van der Waals surface area (Å²) in [6, 6.07) is 3.17. The lowest BCUT2D eigenvalue weighted by molar-refractivity contribution is -0.199. The number of nitrogens with one attached hydrogen (secondary N) is 1. The van der Waals surface area contributed by atoms with Gasteiger partial charge in [-0.25, -0.2) is 15.0 Å². The van der Waals surface area contributed by atoms with Crippen LogP contribution in [-0.4, -0.2) is 61.2 Å². The second-order valence-electron chi connectivity index (χ2n) is 7.29.